The van der Waals surface area contributed by atoms with E-state index >= 15 is 0 Å². The molecular formula is C9H13NO3S. The van der Waals surface area contributed by atoms with Crippen molar-refractivity contribution in [3.8, 4) is 0 Å². The highest BCUT2D eigenvalue weighted by Gasteiger charge is 2.15. The van der Waals surface area contributed by atoms with E-state index in [1.807, 2.05) is 5.41 Å². The molecule has 0 fully saturated rings. The number of nitrogens with zero attached hydrogens (tertiary/aromatic N) is 1. The Hall–Kier alpha value is -0.970. The number of hydrogen-bond acceptors (Lipinski definition) is 4. The molecule has 0 bridgehead atoms. The summed E-state index contributed by atoms with van der Waals surface area (Å²) in [5, 5.41) is 1.85. The lowest BCUT2D eigenvalue weighted by molar-refractivity contribution is -0.143. The highest BCUT2D eigenvalue weighted by Crippen LogP contribution is 2.12. The molecule has 5 heteroatoms. The Morgan fingerprint density at radius 1 is 1.71 bits per heavy atom. The molecule has 0 aromatic carbocycles. The van der Waals surface area contributed by atoms with Gasteiger partial charge in [0.1, 0.15) is 0 Å². The van der Waals surface area contributed by atoms with E-state index in [2.05, 4.69) is 0 Å². The molecule has 0 radical (unpaired) electrons. The van der Waals surface area contributed by atoms with Crippen molar-refractivity contribution in [3.05, 3.63) is 11.6 Å². The van der Waals surface area contributed by atoms with Gasteiger partial charge in [-0.3, -0.25) is 9.59 Å². The maximum absolute atomic E-state index is 11.3. The van der Waals surface area contributed by atoms with Gasteiger partial charge >= 0.3 is 5.97 Å². The molecule has 0 spiro atoms. The average Bonchev–Trinajstić information content (AvgIpc) is 2.17. The molecule has 14 heavy (non-hydrogen) atoms. The van der Waals surface area contributed by atoms with Gasteiger partial charge in [-0.25, -0.2) is 0 Å². The zero-order valence-electron chi connectivity index (χ0n) is 8.06. The first kappa shape index (κ1) is 11.1. The molecule has 0 aliphatic carbocycles. The van der Waals surface area contributed by atoms with Gasteiger partial charge in [0.2, 0.25) is 5.91 Å². The third kappa shape index (κ3) is 3.41. The fraction of sp³-hybridized carbons (Fsp3) is 0.556. The Morgan fingerprint density at radius 2 is 2.50 bits per heavy atom. The van der Waals surface area contributed by atoms with Gasteiger partial charge in [0, 0.05) is 12.7 Å². The minimum atomic E-state index is -0.257. The van der Waals surface area contributed by atoms with E-state index in [9.17, 15) is 9.59 Å². The Bertz CT molecular complexity index is 252. The number of rotatable bonds is 4. The van der Waals surface area contributed by atoms with Gasteiger partial charge in [-0.15, -0.1) is 11.8 Å². The van der Waals surface area contributed by atoms with E-state index < -0.39 is 0 Å². The number of hydrogen-bond donors (Lipinski definition) is 0. The van der Waals surface area contributed by atoms with Crippen LogP contribution in [0.15, 0.2) is 11.6 Å². The van der Waals surface area contributed by atoms with Crippen LogP contribution in [-0.2, 0) is 14.3 Å². The van der Waals surface area contributed by atoms with Crippen LogP contribution in [0, 0.1) is 0 Å². The zero-order chi connectivity index (χ0) is 10.4. The summed E-state index contributed by atoms with van der Waals surface area (Å²) in [5.74, 6) is 0.244. The second-order valence-corrected chi connectivity index (χ2v) is 3.63. The van der Waals surface area contributed by atoms with E-state index in [4.69, 9.17) is 4.74 Å². The molecule has 4 nitrogen and oxygen atoms in total. The summed E-state index contributed by atoms with van der Waals surface area (Å²) in [7, 11) is 0. The second kappa shape index (κ2) is 5.70. The van der Waals surface area contributed by atoms with Gasteiger partial charge in [0.15, 0.2) is 0 Å². The van der Waals surface area contributed by atoms with Gasteiger partial charge in [-0.2, -0.15) is 0 Å². The third-order valence-electron chi connectivity index (χ3n) is 1.73. The van der Waals surface area contributed by atoms with Crippen LogP contribution in [0.4, 0.5) is 0 Å². The quantitative estimate of drug-likeness (QED) is 0.656. The summed E-state index contributed by atoms with van der Waals surface area (Å²) in [6.07, 6.45) is 1.96. The van der Waals surface area contributed by atoms with Crippen LogP contribution in [0.25, 0.3) is 0 Å². The van der Waals surface area contributed by atoms with Gasteiger partial charge in [-0.1, -0.05) is 0 Å². The summed E-state index contributed by atoms with van der Waals surface area (Å²) >= 11 is 1.46. The van der Waals surface area contributed by atoms with E-state index in [1.165, 1.54) is 11.8 Å². The monoisotopic (exact) mass is 215 g/mol. The number of amides is 1. The van der Waals surface area contributed by atoms with Gasteiger partial charge in [0.05, 0.1) is 18.8 Å². The number of esters is 1. The smallest absolute Gasteiger partial charge is 0.307 e. The molecule has 0 atom stereocenters. The highest BCUT2D eigenvalue weighted by molar-refractivity contribution is 8.02. The first-order valence-corrected chi connectivity index (χ1v) is 5.52. The van der Waals surface area contributed by atoms with Crippen LogP contribution in [0.2, 0.25) is 0 Å². The van der Waals surface area contributed by atoms with Crippen LogP contribution in [-0.4, -0.2) is 35.7 Å². The Balaban J connectivity index is 2.29. The summed E-state index contributed by atoms with van der Waals surface area (Å²) < 4.78 is 4.76. The number of carbonyl (C=O) groups excluding carboxylic acids is 2. The molecule has 0 saturated heterocycles. The molecular weight excluding hydrogens is 202 g/mol. The molecule has 0 saturated carbocycles. The Morgan fingerprint density at radius 3 is 3.14 bits per heavy atom. The molecule has 0 aromatic heterocycles. The molecule has 1 amide bonds. The van der Waals surface area contributed by atoms with Gasteiger partial charge in [-0.05, 0) is 12.3 Å². The SMILES string of the molecule is CCOC(=O)CCN1C=CSCC1=O. The zero-order valence-corrected chi connectivity index (χ0v) is 8.88. The fourth-order valence-corrected chi connectivity index (χ4v) is 1.68. The first-order valence-electron chi connectivity index (χ1n) is 4.47. The van der Waals surface area contributed by atoms with E-state index in [0.29, 0.717) is 18.9 Å². The van der Waals surface area contributed by atoms with Crippen molar-refractivity contribution in [2.45, 2.75) is 13.3 Å². The molecule has 1 rings (SSSR count). The maximum atomic E-state index is 11.3. The van der Waals surface area contributed by atoms with Crippen molar-refractivity contribution in [1.29, 1.82) is 0 Å². The minimum Gasteiger partial charge on any atom is -0.466 e. The molecule has 1 aliphatic rings. The minimum absolute atomic E-state index is 0.0433. The summed E-state index contributed by atoms with van der Waals surface area (Å²) in [6.45, 7) is 2.56. The normalized spacial score (nSPS) is 15.8. The molecule has 0 unspecified atom stereocenters. The van der Waals surface area contributed by atoms with Gasteiger partial charge < -0.3 is 9.64 Å². The van der Waals surface area contributed by atoms with E-state index in [-0.39, 0.29) is 18.3 Å². The van der Waals surface area contributed by atoms with E-state index in [0.717, 1.165) is 0 Å². The Labute approximate surface area is 87.3 Å². The van der Waals surface area contributed by atoms with E-state index in [1.54, 1.807) is 18.0 Å². The summed E-state index contributed by atoms with van der Waals surface area (Å²) in [4.78, 5) is 23.8. The topological polar surface area (TPSA) is 46.6 Å². The van der Waals surface area contributed by atoms with Crippen molar-refractivity contribution < 1.29 is 14.3 Å². The summed E-state index contributed by atoms with van der Waals surface area (Å²) in [5.41, 5.74) is 0. The number of ether oxygens (including phenoxy) is 1. The van der Waals surface area contributed by atoms with Crippen molar-refractivity contribution in [3.63, 3.8) is 0 Å². The van der Waals surface area contributed by atoms with Crippen molar-refractivity contribution in [1.82, 2.24) is 4.90 Å². The van der Waals surface area contributed by atoms with Crippen LogP contribution < -0.4 is 0 Å². The lowest BCUT2D eigenvalue weighted by Gasteiger charge is -2.20. The molecule has 1 aliphatic heterocycles. The maximum Gasteiger partial charge on any atom is 0.307 e. The van der Waals surface area contributed by atoms with Crippen molar-refractivity contribution in [2.24, 2.45) is 0 Å². The number of carbonyl (C=O) groups is 2. The van der Waals surface area contributed by atoms with Crippen molar-refractivity contribution >= 4 is 23.6 Å². The number of thioether (sulfide) groups is 1. The third-order valence-corrected chi connectivity index (χ3v) is 2.45. The molecule has 1 heterocycles. The largest absolute Gasteiger partial charge is 0.466 e. The van der Waals surface area contributed by atoms with Crippen molar-refractivity contribution in [2.75, 3.05) is 18.9 Å². The standard InChI is InChI=1S/C9H13NO3S/c1-2-13-9(12)3-4-10-5-6-14-7-8(10)11/h5-6H,2-4,7H2,1H3. The highest BCUT2D eigenvalue weighted by atomic mass is 32.2. The first-order chi connectivity index (χ1) is 6.74. The predicted octanol–water partition coefficient (Wildman–Crippen LogP) is 0.986. The van der Waals surface area contributed by atoms with Crippen LogP contribution in [0.3, 0.4) is 0 Å². The second-order valence-electron chi connectivity index (χ2n) is 2.74. The molecule has 0 N–H and O–H groups in total. The Kier molecular flexibility index (Phi) is 4.52. The van der Waals surface area contributed by atoms with Crippen LogP contribution in [0.1, 0.15) is 13.3 Å². The lowest BCUT2D eigenvalue weighted by atomic mass is 10.4. The van der Waals surface area contributed by atoms with Gasteiger partial charge in [0.25, 0.3) is 0 Å². The molecule has 78 valence electrons. The predicted molar refractivity (Wildman–Crippen MR) is 54.6 cm³/mol. The van der Waals surface area contributed by atoms with Crippen LogP contribution >= 0.6 is 11.8 Å². The average molecular weight is 215 g/mol. The molecule has 0 aromatic rings. The summed E-state index contributed by atoms with van der Waals surface area (Å²) in [6, 6.07) is 0. The fourth-order valence-electron chi connectivity index (χ4n) is 1.05. The van der Waals surface area contributed by atoms with Crippen LogP contribution in [0.5, 0.6) is 0 Å². The lowest BCUT2D eigenvalue weighted by Crippen LogP contribution is -2.31.